The third kappa shape index (κ3) is 2.62. The monoisotopic (exact) mass is 218 g/mol. The zero-order chi connectivity index (χ0) is 11.4. The predicted molar refractivity (Wildman–Crippen MR) is 67.4 cm³/mol. The number of aryl methyl sites for hydroxylation is 1. The summed E-state index contributed by atoms with van der Waals surface area (Å²) >= 11 is 0. The van der Waals surface area contributed by atoms with Crippen molar-refractivity contribution >= 4 is 0 Å². The summed E-state index contributed by atoms with van der Waals surface area (Å²) in [4.78, 5) is 7.04. The van der Waals surface area contributed by atoms with E-state index in [9.17, 15) is 0 Å². The second kappa shape index (κ2) is 5.44. The van der Waals surface area contributed by atoms with Crippen molar-refractivity contribution in [1.82, 2.24) is 9.88 Å². The molecule has 1 aliphatic rings. The summed E-state index contributed by atoms with van der Waals surface area (Å²) in [5.41, 5.74) is 2.51. The molecule has 0 radical (unpaired) electrons. The minimum absolute atomic E-state index is 0.613. The SMILES string of the molecule is CCCN1CCCCC1c1ccc(C)nc1. The summed E-state index contributed by atoms with van der Waals surface area (Å²) in [5, 5.41) is 0. The highest BCUT2D eigenvalue weighted by Crippen LogP contribution is 2.30. The molecule has 1 fully saturated rings. The molecule has 1 aromatic rings. The first-order chi connectivity index (χ1) is 7.81. The lowest BCUT2D eigenvalue weighted by Gasteiger charge is -2.35. The number of pyridine rings is 1. The molecule has 2 rings (SSSR count). The topological polar surface area (TPSA) is 16.1 Å². The van der Waals surface area contributed by atoms with E-state index < -0.39 is 0 Å². The second-order valence-electron chi connectivity index (χ2n) is 4.78. The Kier molecular flexibility index (Phi) is 3.94. The molecule has 16 heavy (non-hydrogen) atoms. The van der Waals surface area contributed by atoms with Crippen LogP contribution < -0.4 is 0 Å². The van der Waals surface area contributed by atoms with Gasteiger partial charge in [-0.25, -0.2) is 0 Å². The molecule has 0 saturated carbocycles. The molecule has 0 aromatic carbocycles. The van der Waals surface area contributed by atoms with Crippen molar-refractivity contribution < 1.29 is 0 Å². The number of hydrogen-bond donors (Lipinski definition) is 0. The van der Waals surface area contributed by atoms with Gasteiger partial charge in [-0.3, -0.25) is 9.88 Å². The van der Waals surface area contributed by atoms with Crippen molar-refractivity contribution in [2.24, 2.45) is 0 Å². The molecule has 2 heteroatoms. The Bertz CT molecular complexity index is 316. The lowest BCUT2D eigenvalue weighted by atomic mass is 9.96. The van der Waals surface area contributed by atoms with Crippen LogP contribution in [-0.4, -0.2) is 23.0 Å². The third-order valence-electron chi connectivity index (χ3n) is 3.44. The summed E-state index contributed by atoms with van der Waals surface area (Å²) < 4.78 is 0. The zero-order valence-electron chi connectivity index (χ0n) is 10.4. The summed E-state index contributed by atoms with van der Waals surface area (Å²) in [6.07, 6.45) is 7.32. The highest BCUT2D eigenvalue weighted by Gasteiger charge is 2.22. The predicted octanol–water partition coefficient (Wildman–Crippen LogP) is 3.33. The summed E-state index contributed by atoms with van der Waals surface area (Å²) in [6.45, 7) is 6.79. The standard InChI is InChI=1S/C14H22N2/c1-3-9-16-10-5-4-6-14(16)13-8-7-12(2)15-11-13/h7-8,11,14H,3-6,9-10H2,1-2H3. The van der Waals surface area contributed by atoms with Crippen LogP contribution in [0.1, 0.15) is 49.9 Å². The smallest absolute Gasteiger partial charge is 0.0372 e. The Balaban J connectivity index is 2.13. The number of nitrogens with zero attached hydrogens (tertiary/aromatic N) is 2. The Morgan fingerprint density at radius 3 is 2.94 bits per heavy atom. The second-order valence-corrected chi connectivity index (χ2v) is 4.78. The van der Waals surface area contributed by atoms with Gasteiger partial charge >= 0.3 is 0 Å². The van der Waals surface area contributed by atoms with Crippen molar-refractivity contribution in [1.29, 1.82) is 0 Å². The van der Waals surface area contributed by atoms with Crippen molar-refractivity contribution in [3.8, 4) is 0 Å². The number of aromatic nitrogens is 1. The summed E-state index contributed by atoms with van der Waals surface area (Å²) in [7, 11) is 0. The van der Waals surface area contributed by atoms with Crippen molar-refractivity contribution in [2.45, 2.75) is 45.6 Å². The van der Waals surface area contributed by atoms with Crippen LogP contribution >= 0.6 is 0 Å². The van der Waals surface area contributed by atoms with Gasteiger partial charge in [0.2, 0.25) is 0 Å². The molecule has 0 amide bonds. The molecule has 1 unspecified atom stereocenters. The van der Waals surface area contributed by atoms with Crippen LogP contribution in [0.25, 0.3) is 0 Å². The molecule has 0 bridgehead atoms. The quantitative estimate of drug-likeness (QED) is 0.773. The van der Waals surface area contributed by atoms with Gasteiger partial charge in [-0.15, -0.1) is 0 Å². The third-order valence-corrected chi connectivity index (χ3v) is 3.44. The molecule has 0 aliphatic carbocycles. The first kappa shape index (κ1) is 11.6. The Morgan fingerprint density at radius 1 is 1.38 bits per heavy atom. The van der Waals surface area contributed by atoms with Gasteiger partial charge in [-0.05, 0) is 50.9 Å². The molecule has 1 saturated heterocycles. The lowest BCUT2D eigenvalue weighted by molar-refractivity contribution is 0.149. The average molecular weight is 218 g/mol. The van der Waals surface area contributed by atoms with Gasteiger partial charge in [0, 0.05) is 17.9 Å². The zero-order valence-corrected chi connectivity index (χ0v) is 10.4. The van der Waals surface area contributed by atoms with E-state index in [1.807, 2.05) is 0 Å². The highest BCUT2D eigenvalue weighted by molar-refractivity contribution is 5.17. The van der Waals surface area contributed by atoms with Crippen LogP contribution in [0, 0.1) is 6.92 Å². The largest absolute Gasteiger partial charge is 0.296 e. The maximum Gasteiger partial charge on any atom is 0.0372 e. The van der Waals surface area contributed by atoms with Gasteiger partial charge in [0.15, 0.2) is 0 Å². The molecular weight excluding hydrogens is 196 g/mol. The van der Waals surface area contributed by atoms with E-state index in [0.717, 1.165) is 5.69 Å². The fourth-order valence-corrected chi connectivity index (χ4v) is 2.60. The number of likely N-dealkylation sites (tertiary alicyclic amines) is 1. The molecule has 1 atom stereocenters. The van der Waals surface area contributed by atoms with E-state index >= 15 is 0 Å². The molecule has 0 spiro atoms. The van der Waals surface area contributed by atoms with Gasteiger partial charge in [-0.1, -0.05) is 19.4 Å². The lowest BCUT2D eigenvalue weighted by Crippen LogP contribution is -2.34. The van der Waals surface area contributed by atoms with Crippen molar-refractivity contribution in [2.75, 3.05) is 13.1 Å². The summed E-state index contributed by atoms with van der Waals surface area (Å²) in [5.74, 6) is 0. The van der Waals surface area contributed by atoms with E-state index in [-0.39, 0.29) is 0 Å². The number of hydrogen-bond acceptors (Lipinski definition) is 2. The fraction of sp³-hybridized carbons (Fsp3) is 0.643. The minimum Gasteiger partial charge on any atom is -0.296 e. The normalized spacial score (nSPS) is 22.2. The average Bonchev–Trinajstić information content (AvgIpc) is 2.32. The van der Waals surface area contributed by atoms with Crippen molar-refractivity contribution in [3.05, 3.63) is 29.6 Å². The maximum absolute atomic E-state index is 4.42. The van der Waals surface area contributed by atoms with Gasteiger partial charge in [0.1, 0.15) is 0 Å². The van der Waals surface area contributed by atoms with Gasteiger partial charge in [0.05, 0.1) is 0 Å². The first-order valence-electron chi connectivity index (χ1n) is 6.48. The highest BCUT2D eigenvalue weighted by atomic mass is 15.2. The fourth-order valence-electron chi connectivity index (χ4n) is 2.60. The molecule has 0 N–H and O–H groups in total. The molecule has 1 aromatic heterocycles. The van der Waals surface area contributed by atoms with Crippen LogP contribution in [0.3, 0.4) is 0 Å². The molecule has 2 nitrogen and oxygen atoms in total. The van der Waals surface area contributed by atoms with Crippen LogP contribution in [0.4, 0.5) is 0 Å². The molecule has 1 aliphatic heterocycles. The van der Waals surface area contributed by atoms with E-state index in [0.29, 0.717) is 6.04 Å². The van der Waals surface area contributed by atoms with E-state index in [1.54, 1.807) is 0 Å². The minimum atomic E-state index is 0.613. The van der Waals surface area contributed by atoms with Crippen LogP contribution in [0.5, 0.6) is 0 Å². The maximum atomic E-state index is 4.42. The van der Waals surface area contributed by atoms with Crippen molar-refractivity contribution in [3.63, 3.8) is 0 Å². The summed E-state index contributed by atoms with van der Waals surface area (Å²) in [6, 6.07) is 5.00. The van der Waals surface area contributed by atoms with Crippen LogP contribution in [0.2, 0.25) is 0 Å². The first-order valence-corrected chi connectivity index (χ1v) is 6.48. The van der Waals surface area contributed by atoms with E-state index in [4.69, 9.17) is 0 Å². The van der Waals surface area contributed by atoms with Gasteiger partial charge in [0.25, 0.3) is 0 Å². The van der Waals surface area contributed by atoms with E-state index in [1.165, 1.54) is 44.3 Å². The van der Waals surface area contributed by atoms with E-state index in [2.05, 4.69) is 42.1 Å². The Labute approximate surface area is 98.7 Å². The number of rotatable bonds is 3. The van der Waals surface area contributed by atoms with Gasteiger partial charge < -0.3 is 0 Å². The Morgan fingerprint density at radius 2 is 2.25 bits per heavy atom. The molecular formula is C14H22N2. The van der Waals surface area contributed by atoms with Crippen LogP contribution in [-0.2, 0) is 0 Å². The Hall–Kier alpha value is -0.890. The van der Waals surface area contributed by atoms with Crippen LogP contribution in [0.15, 0.2) is 18.3 Å². The van der Waals surface area contributed by atoms with Gasteiger partial charge in [-0.2, -0.15) is 0 Å². The molecule has 2 heterocycles. The number of piperidine rings is 1. The molecule has 88 valence electrons.